The normalized spacial score (nSPS) is 12.1. The summed E-state index contributed by atoms with van der Waals surface area (Å²) in [7, 11) is 0.817. The Labute approximate surface area is 57.1 Å². The van der Waals surface area contributed by atoms with Crippen LogP contribution in [-0.2, 0) is 9.47 Å². The van der Waals surface area contributed by atoms with Crippen LogP contribution in [0.5, 0.6) is 0 Å². The van der Waals surface area contributed by atoms with Crippen molar-refractivity contribution in [1.29, 1.82) is 0 Å². The van der Waals surface area contributed by atoms with Crippen molar-refractivity contribution in [2.75, 3.05) is 0 Å². The standard InChI is InChI=1S/C5H10O3Si/c1-3-7-5(6)8-4(2)9/h3-4H,1H2,2,9H3. The summed E-state index contributed by atoms with van der Waals surface area (Å²) in [6.07, 6.45) is 0.374. The Bertz CT molecular complexity index is 111. The van der Waals surface area contributed by atoms with E-state index in [-0.39, 0.29) is 5.73 Å². The highest BCUT2D eigenvalue weighted by molar-refractivity contribution is 6.11. The molecule has 0 saturated carbocycles. The lowest BCUT2D eigenvalue weighted by Crippen LogP contribution is -2.13. The number of hydrogen-bond donors (Lipinski definition) is 0. The smallest absolute Gasteiger partial charge is 0.436 e. The van der Waals surface area contributed by atoms with E-state index in [1.54, 1.807) is 6.92 Å². The van der Waals surface area contributed by atoms with Crippen LogP contribution >= 0.6 is 0 Å². The van der Waals surface area contributed by atoms with E-state index in [1.807, 2.05) is 0 Å². The van der Waals surface area contributed by atoms with Crippen molar-refractivity contribution < 1.29 is 14.3 Å². The second kappa shape index (κ2) is 4.14. The summed E-state index contributed by atoms with van der Waals surface area (Å²) in [5.74, 6) is 0. The van der Waals surface area contributed by atoms with Crippen molar-refractivity contribution in [3.8, 4) is 0 Å². The van der Waals surface area contributed by atoms with Crippen LogP contribution < -0.4 is 0 Å². The summed E-state index contributed by atoms with van der Waals surface area (Å²) in [5, 5.41) is 0. The van der Waals surface area contributed by atoms with Crippen LogP contribution in [0.1, 0.15) is 6.92 Å². The molecule has 9 heavy (non-hydrogen) atoms. The Hall–Kier alpha value is -0.773. The van der Waals surface area contributed by atoms with Gasteiger partial charge in [-0.05, 0) is 6.92 Å². The van der Waals surface area contributed by atoms with E-state index < -0.39 is 6.16 Å². The molecule has 0 rings (SSSR count). The third-order valence-electron chi connectivity index (χ3n) is 0.511. The van der Waals surface area contributed by atoms with E-state index >= 15 is 0 Å². The third kappa shape index (κ3) is 5.09. The van der Waals surface area contributed by atoms with Crippen molar-refractivity contribution in [1.82, 2.24) is 0 Å². The predicted molar refractivity (Wildman–Crippen MR) is 37.2 cm³/mol. The second-order valence-corrected chi connectivity index (χ2v) is 3.33. The average Bonchev–Trinajstić information content (AvgIpc) is 1.63. The molecule has 0 aliphatic heterocycles. The first-order valence-corrected chi connectivity index (χ1v) is 3.80. The van der Waals surface area contributed by atoms with Gasteiger partial charge in [0.15, 0.2) is 0 Å². The van der Waals surface area contributed by atoms with Crippen molar-refractivity contribution >= 4 is 16.4 Å². The number of carbonyl (C=O) groups is 1. The fraction of sp³-hybridized carbons (Fsp3) is 0.400. The van der Waals surface area contributed by atoms with E-state index in [9.17, 15) is 4.79 Å². The zero-order chi connectivity index (χ0) is 7.28. The molecule has 0 aliphatic rings. The first-order valence-electron chi connectivity index (χ1n) is 2.65. The Balaban J connectivity index is 3.38. The summed E-state index contributed by atoms with van der Waals surface area (Å²) in [4.78, 5) is 10.4. The molecule has 0 amide bonds. The van der Waals surface area contributed by atoms with Crippen LogP contribution in [0.15, 0.2) is 12.8 Å². The number of rotatable bonds is 2. The molecule has 0 spiro atoms. The molecule has 52 valence electrons. The summed E-state index contributed by atoms with van der Waals surface area (Å²) in [6.45, 7) is 5.00. The van der Waals surface area contributed by atoms with Crippen LogP contribution in [0.4, 0.5) is 4.79 Å². The molecule has 0 aromatic heterocycles. The molecule has 0 aromatic rings. The van der Waals surface area contributed by atoms with Gasteiger partial charge in [-0.3, -0.25) is 0 Å². The van der Waals surface area contributed by atoms with Crippen molar-refractivity contribution in [2.24, 2.45) is 0 Å². The Morgan fingerprint density at radius 2 is 2.44 bits per heavy atom. The van der Waals surface area contributed by atoms with Crippen molar-refractivity contribution in [3.05, 3.63) is 12.8 Å². The Kier molecular flexibility index (Phi) is 3.78. The highest BCUT2D eigenvalue weighted by Crippen LogP contribution is 1.88. The topological polar surface area (TPSA) is 35.5 Å². The predicted octanol–water partition coefficient (Wildman–Crippen LogP) is -0.00550. The Morgan fingerprint density at radius 1 is 1.89 bits per heavy atom. The van der Waals surface area contributed by atoms with Gasteiger partial charge in [0.25, 0.3) is 0 Å². The number of hydrogen-bond acceptors (Lipinski definition) is 3. The molecule has 0 aromatic carbocycles. The van der Waals surface area contributed by atoms with Gasteiger partial charge in [-0.25, -0.2) is 4.79 Å². The summed E-state index contributed by atoms with van der Waals surface area (Å²) >= 11 is 0. The first kappa shape index (κ1) is 8.23. The molecule has 0 fully saturated rings. The third-order valence-corrected chi connectivity index (χ3v) is 0.747. The lowest BCUT2D eigenvalue weighted by molar-refractivity contribution is 0.0783. The molecule has 0 radical (unpaired) electrons. The first-order chi connectivity index (χ1) is 4.16. The van der Waals surface area contributed by atoms with Gasteiger partial charge in [-0.15, -0.1) is 0 Å². The zero-order valence-electron chi connectivity index (χ0n) is 5.59. The molecular formula is C5H10O3Si. The molecule has 0 aliphatic carbocycles. The molecular weight excluding hydrogens is 136 g/mol. The van der Waals surface area contributed by atoms with Gasteiger partial charge in [0.1, 0.15) is 0 Å². The summed E-state index contributed by atoms with van der Waals surface area (Å²) in [5.41, 5.74) is -0.00236. The fourth-order valence-corrected chi connectivity index (χ4v) is 0.481. The van der Waals surface area contributed by atoms with E-state index in [4.69, 9.17) is 0 Å². The van der Waals surface area contributed by atoms with Gasteiger partial charge < -0.3 is 9.47 Å². The number of carbonyl (C=O) groups excluding carboxylic acids is 1. The van der Waals surface area contributed by atoms with E-state index in [0.717, 1.165) is 16.5 Å². The molecule has 3 nitrogen and oxygen atoms in total. The van der Waals surface area contributed by atoms with Crippen LogP contribution in [0.25, 0.3) is 0 Å². The highest BCUT2D eigenvalue weighted by atomic mass is 28.1. The molecule has 0 heterocycles. The van der Waals surface area contributed by atoms with Crippen molar-refractivity contribution in [3.63, 3.8) is 0 Å². The zero-order valence-corrected chi connectivity index (χ0v) is 7.59. The van der Waals surface area contributed by atoms with Gasteiger partial charge in [0.2, 0.25) is 0 Å². The minimum atomic E-state index is -0.674. The quantitative estimate of drug-likeness (QED) is 0.312. The minimum absolute atomic E-state index is 0.00236. The van der Waals surface area contributed by atoms with Gasteiger partial charge in [0, 0.05) is 0 Å². The molecule has 1 atom stereocenters. The van der Waals surface area contributed by atoms with E-state index in [0.29, 0.717) is 0 Å². The average molecular weight is 146 g/mol. The summed E-state index contributed by atoms with van der Waals surface area (Å²) in [6, 6.07) is 0. The number of ether oxygens (including phenoxy) is 2. The van der Waals surface area contributed by atoms with Crippen LogP contribution in [0, 0.1) is 0 Å². The highest BCUT2D eigenvalue weighted by Gasteiger charge is 2.02. The van der Waals surface area contributed by atoms with Crippen LogP contribution in [0.3, 0.4) is 0 Å². The maximum Gasteiger partial charge on any atom is 0.513 e. The lowest BCUT2D eigenvalue weighted by Gasteiger charge is -2.04. The summed E-state index contributed by atoms with van der Waals surface area (Å²) < 4.78 is 8.90. The monoisotopic (exact) mass is 146 g/mol. The molecule has 0 saturated heterocycles. The van der Waals surface area contributed by atoms with Gasteiger partial charge >= 0.3 is 6.16 Å². The fourth-order valence-electron chi connectivity index (χ4n) is 0.288. The maximum absolute atomic E-state index is 10.4. The minimum Gasteiger partial charge on any atom is -0.436 e. The van der Waals surface area contributed by atoms with Crippen molar-refractivity contribution in [2.45, 2.75) is 12.7 Å². The molecule has 0 bridgehead atoms. The van der Waals surface area contributed by atoms with E-state index in [2.05, 4.69) is 16.1 Å². The SMILES string of the molecule is C=COC(=O)OC(C)[SiH3]. The largest absolute Gasteiger partial charge is 0.513 e. The second-order valence-electron chi connectivity index (χ2n) is 1.70. The van der Waals surface area contributed by atoms with Gasteiger partial charge in [0.05, 0.1) is 22.2 Å². The maximum atomic E-state index is 10.4. The van der Waals surface area contributed by atoms with E-state index in [1.165, 1.54) is 0 Å². The van der Waals surface area contributed by atoms with Gasteiger partial charge in [-0.2, -0.15) is 0 Å². The molecule has 4 heteroatoms. The van der Waals surface area contributed by atoms with Gasteiger partial charge in [-0.1, -0.05) is 6.58 Å². The van der Waals surface area contributed by atoms with Crippen LogP contribution in [0.2, 0.25) is 0 Å². The lowest BCUT2D eigenvalue weighted by atomic mass is 10.8. The molecule has 1 unspecified atom stereocenters. The Morgan fingerprint density at radius 3 is 2.78 bits per heavy atom. The van der Waals surface area contributed by atoms with Crippen LogP contribution in [-0.4, -0.2) is 22.1 Å². The molecule has 0 N–H and O–H groups in total.